The van der Waals surface area contributed by atoms with Gasteiger partial charge in [0.05, 0.1) is 16.8 Å². The van der Waals surface area contributed by atoms with Crippen molar-refractivity contribution in [2.45, 2.75) is 13.5 Å². The van der Waals surface area contributed by atoms with Gasteiger partial charge in [0.25, 0.3) is 0 Å². The highest BCUT2D eigenvalue weighted by Gasteiger charge is 2.19. The van der Waals surface area contributed by atoms with Gasteiger partial charge in [-0.25, -0.2) is 18.4 Å². The summed E-state index contributed by atoms with van der Waals surface area (Å²) in [6, 6.07) is 20.1. The zero-order valence-electron chi connectivity index (χ0n) is 17.8. The average Bonchev–Trinajstić information content (AvgIpc) is 3.14. The van der Waals surface area contributed by atoms with Gasteiger partial charge in [0, 0.05) is 12.1 Å². The molecule has 0 spiro atoms. The van der Waals surface area contributed by atoms with Crippen molar-refractivity contribution in [3.05, 3.63) is 95.6 Å². The lowest BCUT2D eigenvalue weighted by Gasteiger charge is -2.09. The predicted octanol–water partition coefficient (Wildman–Crippen LogP) is 5.26. The van der Waals surface area contributed by atoms with Crippen LogP contribution in [0.1, 0.15) is 11.1 Å². The minimum Gasteiger partial charge on any atom is -0.383 e. The van der Waals surface area contributed by atoms with Gasteiger partial charge >= 0.3 is 0 Å². The number of nitrogen functional groups attached to an aromatic ring is 1. The molecule has 3 aromatic carbocycles. The number of nitrogens with one attached hydrogen (secondary N) is 1. The molecule has 0 radical (unpaired) electrons. The van der Waals surface area contributed by atoms with Crippen molar-refractivity contribution in [3.63, 3.8) is 0 Å². The highest BCUT2D eigenvalue weighted by Crippen LogP contribution is 2.33. The van der Waals surface area contributed by atoms with Crippen LogP contribution in [0.15, 0.2) is 72.8 Å². The molecule has 2 aromatic heterocycles. The van der Waals surface area contributed by atoms with Crippen molar-refractivity contribution < 1.29 is 8.78 Å². The van der Waals surface area contributed by atoms with Crippen LogP contribution in [0.25, 0.3) is 28.0 Å². The minimum absolute atomic E-state index is 0.306. The van der Waals surface area contributed by atoms with E-state index in [-0.39, 0.29) is 11.6 Å². The summed E-state index contributed by atoms with van der Waals surface area (Å²) in [6.07, 6.45) is 0. The summed E-state index contributed by atoms with van der Waals surface area (Å²) < 4.78 is 28.7. The molecule has 0 aliphatic carbocycles. The van der Waals surface area contributed by atoms with Crippen LogP contribution in [0.5, 0.6) is 0 Å². The first-order valence-electron chi connectivity index (χ1n) is 10.4. The molecule has 0 aliphatic rings. The van der Waals surface area contributed by atoms with Crippen molar-refractivity contribution in [1.82, 2.24) is 19.7 Å². The van der Waals surface area contributed by atoms with E-state index in [1.807, 2.05) is 31.2 Å². The SMILES string of the molecule is Cc1cccc(-n2nc3nc(NCc4cccc(F)c4)nc(-c4ccc(F)cc4)c3c2N)c1. The normalized spacial score (nSPS) is 11.1. The Balaban J connectivity index is 1.64. The Kier molecular flexibility index (Phi) is 5.18. The second-order valence-electron chi connectivity index (χ2n) is 7.72. The van der Waals surface area contributed by atoms with Gasteiger partial charge in [0.1, 0.15) is 17.5 Å². The zero-order valence-corrected chi connectivity index (χ0v) is 17.8. The Hall–Kier alpha value is -4.33. The molecule has 0 aliphatic heterocycles. The third kappa shape index (κ3) is 4.10. The first-order valence-corrected chi connectivity index (χ1v) is 10.4. The van der Waals surface area contributed by atoms with Gasteiger partial charge in [-0.05, 0) is 66.6 Å². The first-order chi connectivity index (χ1) is 16.0. The van der Waals surface area contributed by atoms with Crippen LogP contribution < -0.4 is 11.1 Å². The van der Waals surface area contributed by atoms with Gasteiger partial charge in [-0.2, -0.15) is 4.98 Å². The van der Waals surface area contributed by atoms with Crippen LogP contribution in [-0.4, -0.2) is 19.7 Å². The average molecular weight is 442 g/mol. The molecule has 0 unspecified atom stereocenters. The van der Waals surface area contributed by atoms with Gasteiger partial charge in [-0.15, -0.1) is 5.10 Å². The van der Waals surface area contributed by atoms with Crippen molar-refractivity contribution in [2.24, 2.45) is 0 Å². The third-order valence-corrected chi connectivity index (χ3v) is 5.27. The van der Waals surface area contributed by atoms with E-state index in [2.05, 4.69) is 20.4 Å². The molecule has 3 N–H and O–H groups in total. The van der Waals surface area contributed by atoms with Crippen LogP contribution in [0.2, 0.25) is 0 Å². The van der Waals surface area contributed by atoms with Crippen molar-refractivity contribution in [1.29, 1.82) is 0 Å². The molecule has 5 aromatic rings. The summed E-state index contributed by atoms with van der Waals surface area (Å²) in [5.74, 6) is 0.0193. The highest BCUT2D eigenvalue weighted by molar-refractivity contribution is 5.99. The van der Waals surface area contributed by atoms with Crippen LogP contribution in [0.4, 0.5) is 20.5 Å². The van der Waals surface area contributed by atoms with Gasteiger partial charge in [-0.1, -0.05) is 24.3 Å². The first kappa shape index (κ1) is 20.6. The second kappa shape index (κ2) is 8.31. The van der Waals surface area contributed by atoms with Crippen molar-refractivity contribution >= 4 is 22.8 Å². The van der Waals surface area contributed by atoms with Crippen LogP contribution in [0.3, 0.4) is 0 Å². The van der Waals surface area contributed by atoms with Crippen molar-refractivity contribution in [2.75, 3.05) is 11.1 Å². The molecule has 0 amide bonds. The summed E-state index contributed by atoms with van der Waals surface area (Å²) in [5.41, 5.74) is 10.7. The molecular weight excluding hydrogens is 422 g/mol. The summed E-state index contributed by atoms with van der Waals surface area (Å²) >= 11 is 0. The number of aryl methyl sites for hydroxylation is 1. The summed E-state index contributed by atoms with van der Waals surface area (Å²) in [4.78, 5) is 9.20. The highest BCUT2D eigenvalue weighted by atomic mass is 19.1. The number of benzene rings is 3. The molecule has 6 nitrogen and oxygen atoms in total. The van der Waals surface area contributed by atoms with Crippen LogP contribution in [-0.2, 0) is 6.54 Å². The van der Waals surface area contributed by atoms with E-state index in [4.69, 9.17) is 5.73 Å². The Labute approximate surface area is 188 Å². The number of fused-ring (bicyclic) bond motifs is 1. The standard InChI is InChI=1S/C25H20F2N6/c1-15-4-2-7-20(12-15)33-23(28)21-22(17-8-10-18(26)11-9-17)30-25(31-24(21)32-33)29-14-16-5-3-6-19(27)13-16/h2-13H,14,28H2,1H3,(H,29,31,32). The van der Waals surface area contributed by atoms with Crippen LogP contribution in [0, 0.1) is 18.6 Å². The smallest absolute Gasteiger partial charge is 0.225 e. The van der Waals surface area contributed by atoms with Gasteiger partial charge in [0.2, 0.25) is 5.95 Å². The molecule has 0 bridgehead atoms. The molecule has 0 saturated heterocycles. The molecule has 0 saturated carbocycles. The van der Waals surface area contributed by atoms with Crippen LogP contribution >= 0.6 is 0 Å². The maximum absolute atomic E-state index is 13.6. The number of rotatable bonds is 5. The molecule has 5 rings (SSSR count). The number of nitrogens with zero attached hydrogens (tertiary/aromatic N) is 4. The molecule has 33 heavy (non-hydrogen) atoms. The fourth-order valence-corrected chi connectivity index (χ4v) is 3.69. The summed E-state index contributed by atoms with van der Waals surface area (Å²) in [7, 11) is 0. The summed E-state index contributed by atoms with van der Waals surface area (Å²) in [5, 5.41) is 8.32. The monoisotopic (exact) mass is 442 g/mol. The number of aromatic nitrogens is 4. The quantitative estimate of drug-likeness (QED) is 0.388. The fraction of sp³-hybridized carbons (Fsp3) is 0.0800. The lowest BCUT2D eigenvalue weighted by molar-refractivity contribution is 0.625. The van der Waals surface area contributed by atoms with E-state index in [0.29, 0.717) is 40.6 Å². The lowest BCUT2D eigenvalue weighted by atomic mass is 10.1. The molecule has 0 atom stereocenters. The number of halogens is 2. The van der Waals surface area contributed by atoms with Gasteiger partial charge in [0.15, 0.2) is 5.65 Å². The maximum atomic E-state index is 13.6. The van der Waals surface area contributed by atoms with E-state index in [1.165, 1.54) is 24.3 Å². The van der Waals surface area contributed by atoms with Crippen molar-refractivity contribution in [3.8, 4) is 16.9 Å². The Morgan fingerprint density at radius 1 is 0.909 bits per heavy atom. The Bertz CT molecular complexity index is 1460. The van der Waals surface area contributed by atoms with E-state index in [9.17, 15) is 8.78 Å². The zero-order chi connectivity index (χ0) is 22.9. The van der Waals surface area contributed by atoms with E-state index < -0.39 is 0 Å². The topological polar surface area (TPSA) is 81.7 Å². The number of hydrogen-bond donors (Lipinski definition) is 2. The van der Waals surface area contributed by atoms with E-state index in [0.717, 1.165) is 16.8 Å². The summed E-state index contributed by atoms with van der Waals surface area (Å²) in [6.45, 7) is 2.31. The predicted molar refractivity (Wildman–Crippen MR) is 125 cm³/mol. The molecular formula is C25H20F2N6. The Morgan fingerprint density at radius 2 is 1.70 bits per heavy atom. The minimum atomic E-state index is -0.350. The Morgan fingerprint density at radius 3 is 2.45 bits per heavy atom. The molecule has 8 heteroatoms. The fourth-order valence-electron chi connectivity index (χ4n) is 3.69. The van der Waals surface area contributed by atoms with Gasteiger partial charge < -0.3 is 11.1 Å². The molecule has 2 heterocycles. The van der Waals surface area contributed by atoms with E-state index in [1.54, 1.807) is 28.9 Å². The van der Waals surface area contributed by atoms with Gasteiger partial charge in [-0.3, -0.25) is 0 Å². The number of hydrogen-bond acceptors (Lipinski definition) is 5. The molecule has 164 valence electrons. The number of nitrogens with two attached hydrogens (primary N) is 1. The molecule has 0 fully saturated rings. The maximum Gasteiger partial charge on any atom is 0.225 e. The largest absolute Gasteiger partial charge is 0.383 e. The second-order valence-corrected chi connectivity index (χ2v) is 7.72. The number of anilines is 2. The lowest BCUT2D eigenvalue weighted by Crippen LogP contribution is -2.05. The van der Waals surface area contributed by atoms with E-state index >= 15 is 0 Å². The third-order valence-electron chi connectivity index (χ3n) is 5.27.